The third-order valence-electron chi connectivity index (χ3n) is 2.53. The molecule has 6 atom stereocenters. The lowest BCUT2D eigenvalue weighted by Crippen LogP contribution is -2.28. The van der Waals surface area contributed by atoms with Crippen molar-refractivity contribution < 1.29 is 74.0 Å². The first kappa shape index (κ1) is 25.5. The van der Waals surface area contributed by atoms with Gasteiger partial charge < -0.3 is 29.2 Å². The fourth-order valence-electron chi connectivity index (χ4n) is 1.74. The molecule has 2 radical (unpaired) electrons. The van der Waals surface area contributed by atoms with Crippen molar-refractivity contribution >= 4 is 39.1 Å². The highest BCUT2D eigenvalue weighted by Gasteiger charge is 2.43. The Hall–Kier alpha value is 0.475. The summed E-state index contributed by atoms with van der Waals surface area (Å²) in [5.74, 6) is 0. The molecule has 27 heavy (non-hydrogen) atoms. The van der Waals surface area contributed by atoms with Crippen LogP contribution in [0.4, 0.5) is 4.39 Å². The first-order chi connectivity index (χ1) is 12.0. The zero-order chi connectivity index (χ0) is 21.1. The largest absolute Gasteiger partial charge is 0.490 e. The molecule has 0 spiro atoms. The van der Waals surface area contributed by atoms with Crippen LogP contribution in [-0.2, 0) is 45.2 Å². The van der Waals surface area contributed by atoms with E-state index in [-0.39, 0.29) is 6.42 Å². The van der Waals surface area contributed by atoms with Crippen molar-refractivity contribution in [3.8, 4) is 0 Å². The number of rotatable bonds is 11. The maximum atomic E-state index is 12.0. The van der Waals surface area contributed by atoms with Crippen LogP contribution in [0.2, 0.25) is 0 Å². The van der Waals surface area contributed by atoms with Gasteiger partial charge in [0.1, 0.15) is 14.0 Å². The van der Waals surface area contributed by atoms with Gasteiger partial charge in [0, 0.05) is 6.00 Å². The Bertz CT molecular complexity index is 696. The molecule has 15 nitrogen and oxygen atoms in total. The van der Waals surface area contributed by atoms with Crippen molar-refractivity contribution in [3.63, 3.8) is 0 Å². The normalized spacial score (nSPS) is 30.4. The quantitative estimate of drug-likeness (QED) is 0.195. The summed E-state index contributed by atoms with van der Waals surface area (Å²) in [5, 5.41) is 0. The van der Waals surface area contributed by atoms with Gasteiger partial charge in [-0.25, -0.2) is 22.7 Å². The van der Waals surface area contributed by atoms with E-state index in [0.29, 0.717) is 0 Å². The molecule has 0 saturated carbocycles. The predicted molar refractivity (Wildman–Crippen MR) is 80.6 cm³/mol. The SMILES string of the molecule is [B][C@H]1C[C@H](OP(=O)(O)OCF)[C@@H](COP(=O)(O)OP(=O)(O)OP(=O)(O)O)O1. The van der Waals surface area contributed by atoms with Gasteiger partial charge in [0.2, 0.25) is 0 Å². The Morgan fingerprint density at radius 3 is 2.07 bits per heavy atom. The second-order valence-electron chi connectivity index (χ2n) is 4.69. The van der Waals surface area contributed by atoms with E-state index in [1.54, 1.807) is 0 Å². The van der Waals surface area contributed by atoms with Crippen molar-refractivity contribution in [2.45, 2.75) is 24.6 Å². The number of alkyl halides is 1. The van der Waals surface area contributed by atoms with Crippen LogP contribution in [0.15, 0.2) is 0 Å². The van der Waals surface area contributed by atoms with Gasteiger partial charge in [-0.15, -0.1) is 0 Å². The average molecular weight is 480 g/mol. The van der Waals surface area contributed by atoms with Crippen LogP contribution in [-0.4, -0.2) is 64.0 Å². The summed E-state index contributed by atoms with van der Waals surface area (Å²) in [4.78, 5) is 44.3. The van der Waals surface area contributed by atoms with Gasteiger partial charge >= 0.3 is 31.3 Å². The van der Waals surface area contributed by atoms with E-state index < -0.39 is 63.0 Å². The zero-order valence-corrected chi connectivity index (χ0v) is 16.5. The summed E-state index contributed by atoms with van der Waals surface area (Å²) in [5.41, 5.74) is 0. The maximum Gasteiger partial charge on any atom is 0.490 e. The fourth-order valence-corrected chi connectivity index (χ4v) is 5.52. The number of ether oxygens (including phenoxy) is 1. The predicted octanol–water partition coefficient (Wildman–Crippen LogP) is 0.0424. The highest BCUT2D eigenvalue weighted by atomic mass is 31.3. The fraction of sp³-hybridized carbons (Fsp3) is 1.00. The van der Waals surface area contributed by atoms with E-state index in [9.17, 15) is 32.4 Å². The lowest BCUT2D eigenvalue weighted by molar-refractivity contribution is -0.0104. The highest BCUT2D eigenvalue weighted by Crippen LogP contribution is 2.66. The molecule has 21 heteroatoms. The van der Waals surface area contributed by atoms with Gasteiger partial charge in [0.25, 0.3) is 0 Å². The average Bonchev–Trinajstić information content (AvgIpc) is 2.71. The van der Waals surface area contributed by atoms with Crippen LogP contribution < -0.4 is 0 Å². The maximum absolute atomic E-state index is 12.0. The van der Waals surface area contributed by atoms with Crippen LogP contribution in [0.3, 0.4) is 0 Å². The van der Waals surface area contributed by atoms with Crippen LogP contribution in [0, 0.1) is 0 Å². The Morgan fingerprint density at radius 2 is 1.56 bits per heavy atom. The van der Waals surface area contributed by atoms with E-state index in [1.165, 1.54) is 0 Å². The Balaban J connectivity index is 2.70. The molecule has 1 rings (SSSR count). The summed E-state index contributed by atoms with van der Waals surface area (Å²) < 4.78 is 81.3. The van der Waals surface area contributed by atoms with Crippen LogP contribution in [0.1, 0.15) is 6.42 Å². The third-order valence-corrected chi connectivity index (χ3v) is 7.29. The van der Waals surface area contributed by atoms with Crippen molar-refractivity contribution in [3.05, 3.63) is 0 Å². The van der Waals surface area contributed by atoms with Gasteiger partial charge in [0.05, 0.1) is 12.7 Å². The topological polar surface area (TPSA) is 225 Å². The van der Waals surface area contributed by atoms with Crippen LogP contribution in [0.5, 0.6) is 0 Å². The highest BCUT2D eigenvalue weighted by molar-refractivity contribution is 7.66. The summed E-state index contributed by atoms with van der Waals surface area (Å²) in [6.45, 7) is -2.63. The molecule has 158 valence electrons. The summed E-state index contributed by atoms with van der Waals surface area (Å²) in [7, 11) is -16.1. The van der Waals surface area contributed by atoms with Crippen molar-refractivity contribution in [2.24, 2.45) is 0 Å². The molecule has 5 N–H and O–H groups in total. The van der Waals surface area contributed by atoms with E-state index >= 15 is 0 Å². The summed E-state index contributed by atoms with van der Waals surface area (Å²) in [6.07, 6.45) is -3.03. The minimum atomic E-state index is -5.71. The molecule has 1 saturated heterocycles. The van der Waals surface area contributed by atoms with E-state index in [2.05, 4.69) is 22.2 Å². The zero-order valence-electron chi connectivity index (χ0n) is 12.9. The number of phosphoric acid groups is 4. The molecule has 1 aliphatic heterocycles. The standard InChI is InChI=1S/C6H14BFO15P4/c7-6-1-4(21-25(12,13)19-3-8)5(20-6)2-18-26(14,15)23-27(16,17)22-24(9,10)11/h4-6H,1-3H2,(H,12,13)(H,14,15)(H,16,17)(H2,9,10,11)/t4-,5+,6+/m0/s1. The molecule has 1 fully saturated rings. The number of halogens is 1. The molecule has 0 aliphatic carbocycles. The monoisotopic (exact) mass is 480 g/mol. The van der Waals surface area contributed by atoms with Gasteiger partial charge in [-0.3, -0.25) is 13.6 Å². The third kappa shape index (κ3) is 10.2. The molecule has 1 aliphatic rings. The van der Waals surface area contributed by atoms with Gasteiger partial charge in [-0.1, -0.05) is 0 Å². The first-order valence-corrected chi connectivity index (χ1v) is 12.5. The summed E-state index contributed by atoms with van der Waals surface area (Å²) in [6, 6.07) is -1.09. The number of hydrogen-bond acceptors (Lipinski definition) is 10. The first-order valence-electron chi connectivity index (χ1n) is 6.45. The lowest BCUT2D eigenvalue weighted by atomic mass is 9.96. The van der Waals surface area contributed by atoms with Crippen LogP contribution >= 0.6 is 31.3 Å². The molecule has 0 aromatic rings. The molecule has 0 amide bonds. The minimum absolute atomic E-state index is 0.245. The molecule has 1 heterocycles. The molecule has 0 bridgehead atoms. The molecular weight excluding hydrogens is 466 g/mol. The van der Waals surface area contributed by atoms with Crippen molar-refractivity contribution in [1.29, 1.82) is 0 Å². The van der Waals surface area contributed by atoms with Crippen LogP contribution in [0.25, 0.3) is 0 Å². The second-order valence-corrected chi connectivity index (χ2v) is 10.5. The molecular formula is C6H14BFO15P4. The molecule has 0 aromatic heterocycles. The van der Waals surface area contributed by atoms with Gasteiger partial charge in [-0.2, -0.15) is 8.62 Å². The summed E-state index contributed by atoms with van der Waals surface area (Å²) >= 11 is 0. The van der Waals surface area contributed by atoms with Crippen molar-refractivity contribution in [2.75, 3.05) is 13.5 Å². The Labute approximate surface area is 152 Å². The van der Waals surface area contributed by atoms with Gasteiger partial charge in [0.15, 0.2) is 6.86 Å². The molecule has 0 aromatic carbocycles. The molecule has 3 unspecified atom stereocenters. The Morgan fingerprint density at radius 1 is 0.963 bits per heavy atom. The van der Waals surface area contributed by atoms with Gasteiger partial charge in [-0.05, 0) is 6.42 Å². The smallest absolute Gasteiger partial charge is 0.380 e. The number of phosphoric ester groups is 2. The minimum Gasteiger partial charge on any atom is -0.380 e. The number of hydrogen-bond donors (Lipinski definition) is 5. The lowest BCUT2D eigenvalue weighted by Gasteiger charge is -2.22. The second kappa shape index (κ2) is 9.52. The Kier molecular flexibility index (Phi) is 9.00. The van der Waals surface area contributed by atoms with Crippen molar-refractivity contribution in [1.82, 2.24) is 0 Å². The van der Waals surface area contributed by atoms with E-state index in [1.807, 2.05) is 0 Å². The van der Waals surface area contributed by atoms with E-state index in [4.69, 9.17) is 27.3 Å². The van der Waals surface area contributed by atoms with E-state index in [0.717, 1.165) is 0 Å².